The Morgan fingerprint density at radius 2 is 2.03 bits per heavy atom. The first-order valence-electron chi connectivity index (χ1n) is 9.32. The number of rotatable bonds is 7. The van der Waals surface area contributed by atoms with Crippen molar-refractivity contribution in [3.05, 3.63) is 53.6 Å². The van der Waals surface area contributed by atoms with Gasteiger partial charge < -0.3 is 23.8 Å². The van der Waals surface area contributed by atoms with E-state index in [0.29, 0.717) is 36.2 Å². The van der Waals surface area contributed by atoms with Crippen molar-refractivity contribution in [3.8, 4) is 17.2 Å². The van der Waals surface area contributed by atoms with Crippen molar-refractivity contribution in [2.75, 3.05) is 25.8 Å². The molecule has 0 spiro atoms. The highest BCUT2D eigenvalue weighted by molar-refractivity contribution is 8.00. The number of hydrogen-bond acceptors (Lipinski definition) is 7. The Balaban J connectivity index is 1.53. The van der Waals surface area contributed by atoms with Crippen molar-refractivity contribution in [2.45, 2.75) is 18.8 Å². The van der Waals surface area contributed by atoms with E-state index in [2.05, 4.69) is 0 Å². The molecule has 8 heteroatoms. The molecule has 7 nitrogen and oxygen atoms in total. The number of thioether (sulfide) groups is 1. The SMILES string of the molecule is CCOC(=O)COc1ccccc1C1SCC(=O)N1Cc1ccc2c(c1)OCO2. The molecule has 0 radical (unpaired) electrons. The van der Waals surface area contributed by atoms with Crippen LogP contribution in [0.25, 0.3) is 0 Å². The van der Waals surface area contributed by atoms with Crippen molar-refractivity contribution in [1.82, 2.24) is 4.90 Å². The van der Waals surface area contributed by atoms with Crippen LogP contribution in [0.5, 0.6) is 17.2 Å². The van der Waals surface area contributed by atoms with Gasteiger partial charge in [-0.15, -0.1) is 11.8 Å². The number of hydrogen-bond donors (Lipinski definition) is 0. The van der Waals surface area contributed by atoms with Gasteiger partial charge in [0.25, 0.3) is 0 Å². The van der Waals surface area contributed by atoms with Gasteiger partial charge in [0.15, 0.2) is 18.1 Å². The standard InChI is InChI=1S/C21H21NO6S/c1-2-25-20(24)11-26-16-6-4-3-5-15(16)21-22(19(23)12-29-21)10-14-7-8-17-18(9-14)28-13-27-17/h3-9,21H,2,10-13H2,1H3. The molecule has 4 rings (SSSR count). The third kappa shape index (κ3) is 4.27. The molecule has 2 aromatic carbocycles. The highest BCUT2D eigenvalue weighted by Crippen LogP contribution is 2.43. The highest BCUT2D eigenvalue weighted by atomic mass is 32.2. The monoisotopic (exact) mass is 415 g/mol. The van der Waals surface area contributed by atoms with Crippen LogP contribution in [0, 0.1) is 0 Å². The van der Waals surface area contributed by atoms with Gasteiger partial charge in [0.2, 0.25) is 12.7 Å². The fraction of sp³-hybridized carbons (Fsp3) is 0.333. The van der Waals surface area contributed by atoms with Crippen molar-refractivity contribution >= 4 is 23.6 Å². The van der Waals surface area contributed by atoms with Crippen LogP contribution in [-0.2, 0) is 20.9 Å². The quantitative estimate of drug-likeness (QED) is 0.643. The molecule has 0 aliphatic carbocycles. The molecule has 0 saturated carbocycles. The number of fused-ring (bicyclic) bond motifs is 1. The second-order valence-electron chi connectivity index (χ2n) is 6.50. The Hall–Kier alpha value is -2.87. The molecule has 1 fully saturated rings. The van der Waals surface area contributed by atoms with Crippen LogP contribution in [0.2, 0.25) is 0 Å². The van der Waals surface area contributed by atoms with Gasteiger partial charge in [-0.1, -0.05) is 24.3 Å². The smallest absolute Gasteiger partial charge is 0.344 e. The molecule has 0 N–H and O–H groups in total. The molecule has 2 aliphatic rings. The molecule has 29 heavy (non-hydrogen) atoms. The third-order valence-corrected chi connectivity index (χ3v) is 5.83. The summed E-state index contributed by atoms with van der Waals surface area (Å²) >= 11 is 1.54. The minimum absolute atomic E-state index is 0.0536. The van der Waals surface area contributed by atoms with Crippen molar-refractivity contribution < 1.29 is 28.5 Å². The van der Waals surface area contributed by atoms with E-state index in [1.165, 1.54) is 11.8 Å². The van der Waals surface area contributed by atoms with Crippen LogP contribution < -0.4 is 14.2 Å². The summed E-state index contributed by atoms with van der Waals surface area (Å²) in [4.78, 5) is 26.1. The Kier molecular flexibility index (Phi) is 5.80. The second-order valence-corrected chi connectivity index (χ2v) is 7.57. The first kappa shape index (κ1) is 19.4. The summed E-state index contributed by atoms with van der Waals surface area (Å²) in [6.07, 6.45) is 0. The minimum atomic E-state index is -0.422. The van der Waals surface area contributed by atoms with Gasteiger partial charge >= 0.3 is 5.97 Å². The average Bonchev–Trinajstić information content (AvgIpc) is 3.33. The normalized spacial score (nSPS) is 17.5. The van der Waals surface area contributed by atoms with E-state index in [4.69, 9.17) is 18.9 Å². The maximum atomic E-state index is 12.6. The summed E-state index contributed by atoms with van der Waals surface area (Å²) in [6.45, 7) is 2.55. The van der Waals surface area contributed by atoms with Crippen molar-refractivity contribution in [1.29, 1.82) is 0 Å². The number of carbonyl (C=O) groups excluding carboxylic acids is 2. The van der Waals surface area contributed by atoms with Gasteiger partial charge in [-0.3, -0.25) is 4.79 Å². The molecular formula is C21H21NO6S. The van der Waals surface area contributed by atoms with Gasteiger partial charge in [-0.05, 0) is 30.7 Å². The molecular weight excluding hydrogens is 394 g/mol. The van der Waals surface area contributed by atoms with Crippen molar-refractivity contribution in [2.24, 2.45) is 0 Å². The number of esters is 1. The second kappa shape index (κ2) is 8.65. The lowest BCUT2D eigenvalue weighted by atomic mass is 10.1. The molecule has 152 valence electrons. The fourth-order valence-corrected chi connectivity index (χ4v) is 4.49. The summed E-state index contributed by atoms with van der Waals surface area (Å²) in [7, 11) is 0. The maximum Gasteiger partial charge on any atom is 0.344 e. The summed E-state index contributed by atoms with van der Waals surface area (Å²) in [5.41, 5.74) is 1.81. The lowest BCUT2D eigenvalue weighted by Crippen LogP contribution is -2.28. The number of carbonyl (C=O) groups is 2. The predicted octanol–water partition coefficient (Wildman–Crippen LogP) is 3.13. The van der Waals surface area contributed by atoms with E-state index >= 15 is 0 Å². The van der Waals surface area contributed by atoms with E-state index in [9.17, 15) is 9.59 Å². The summed E-state index contributed by atoms with van der Waals surface area (Å²) < 4.78 is 21.4. The molecule has 2 aliphatic heterocycles. The van der Waals surface area contributed by atoms with Crippen LogP contribution in [0.4, 0.5) is 0 Å². The molecule has 1 atom stereocenters. The van der Waals surface area contributed by atoms with E-state index < -0.39 is 5.97 Å². The average molecular weight is 415 g/mol. The summed E-state index contributed by atoms with van der Waals surface area (Å²) in [5.74, 6) is 2.00. The van der Waals surface area contributed by atoms with E-state index in [0.717, 1.165) is 11.1 Å². The molecule has 0 bridgehead atoms. The topological polar surface area (TPSA) is 74.3 Å². The zero-order valence-corrected chi connectivity index (χ0v) is 16.8. The Labute approximate surface area is 172 Å². The van der Waals surface area contributed by atoms with Gasteiger partial charge in [-0.2, -0.15) is 0 Å². The summed E-state index contributed by atoms with van der Waals surface area (Å²) in [6, 6.07) is 13.2. The van der Waals surface area contributed by atoms with Gasteiger partial charge in [0.05, 0.1) is 12.4 Å². The fourth-order valence-electron chi connectivity index (χ4n) is 3.27. The van der Waals surface area contributed by atoms with Gasteiger partial charge in [0, 0.05) is 12.1 Å². The van der Waals surface area contributed by atoms with Crippen LogP contribution in [0.3, 0.4) is 0 Å². The Bertz CT molecular complexity index is 918. The van der Waals surface area contributed by atoms with E-state index in [1.807, 2.05) is 41.3 Å². The van der Waals surface area contributed by atoms with Crippen LogP contribution in [-0.4, -0.2) is 42.5 Å². The number of amides is 1. The molecule has 2 aromatic rings. The van der Waals surface area contributed by atoms with Gasteiger partial charge in [0.1, 0.15) is 11.1 Å². The zero-order chi connectivity index (χ0) is 20.2. The first-order valence-corrected chi connectivity index (χ1v) is 10.4. The third-order valence-electron chi connectivity index (χ3n) is 4.59. The van der Waals surface area contributed by atoms with Crippen LogP contribution >= 0.6 is 11.8 Å². The number of ether oxygens (including phenoxy) is 4. The minimum Gasteiger partial charge on any atom is -0.482 e. The zero-order valence-electron chi connectivity index (χ0n) is 16.0. The summed E-state index contributed by atoms with van der Waals surface area (Å²) in [5, 5.41) is -0.202. The van der Waals surface area contributed by atoms with Crippen LogP contribution in [0.1, 0.15) is 23.4 Å². The molecule has 0 aromatic heterocycles. The van der Waals surface area contributed by atoms with E-state index in [1.54, 1.807) is 13.0 Å². The van der Waals surface area contributed by atoms with Crippen molar-refractivity contribution in [3.63, 3.8) is 0 Å². The molecule has 2 heterocycles. The van der Waals surface area contributed by atoms with Crippen LogP contribution in [0.15, 0.2) is 42.5 Å². The number of benzene rings is 2. The lowest BCUT2D eigenvalue weighted by molar-refractivity contribution is -0.145. The first-order chi connectivity index (χ1) is 14.2. The van der Waals surface area contributed by atoms with E-state index in [-0.39, 0.29) is 24.7 Å². The molecule has 1 unspecified atom stereocenters. The maximum absolute atomic E-state index is 12.6. The predicted molar refractivity (Wildman–Crippen MR) is 107 cm³/mol. The van der Waals surface area contributed by atoms with Gasteiger partial charge in [-0.25, -0.2) is 4.79 Å². The number of nitrogens with zero attached hydrogens (tertiary/aromatic N) is 1. The Morgan fingerprint density at radius 1 is 1.21 bits per heavy atom. The Morgan fingerprint density at radius 3 is 2.90 bits per heavy atom. The molecule has 1 saturated heterocycles. The number of para-hydroxylation sites is 1. The highest BCUT2D eigenvalue weighted by Gasteiger charge is 2.34. The lowest BCUT2D eigenvalue weighted by Gasteiger charge is -2.26. The molecule has 1 amide bonds. The largest absolute Gasteiger partial charge is 0.482 e.